The number of hydrogen-bond donors (Lipinski definition) is 1. The van der Waals surface area contributed by atoms with Crippen LogP contribution in [0.2, 0.25) is 0 Å². The Kier molecular flexibility index (Phi) is 3.23. The Balaban J connectivity index is 2.35. The molecule has 1 aromatic carbocycles. The minimum Gasteiger partial charge on any atom is -0.477 e. The number of hydrogen-bond acceptors (Lipinski definition) is 3. The lowest BCUT2D eigenvalue weighted by Crippen LogP contribution is -2.34. The van der Waals surface area contributed by atoms with Crippen molar-refractivity contribution in [3.63, 3.8) is 0 Å². The van der Waals surface area contributed by atoms with Gasteiger partial charge in [0.05, 0.1) is 5.69 Å². The minimum atomic E-state index is -1.08. The van der Waals surface area contributed by atoms with Crippen molar-refractivity contribution in [1.29, 1.82) is 0 Å². The summed E-state index contributed by atoms with van der Waals surface area (Å²) in [6.07, 6.45) is 0.350. The zero-order valence-electron chi connectivity index (χ0n) is 8.76. The molecule has 5 nitrogen and oxygen atoms in total. The summed E-state index contributed by atoms with van der Waals surface area (Å²) in [5, 5.41) is 13.8. The lowest BCUT2D eigenvalue weighted by Gasteiger charge is -2.22. The molecule has 0 aliphatic carbocycles. The normalized spacial score (nSPS) is 15.7. The molecule has 0 saturated carbocycles. The van der Waals surface area contributed by atoms with Crippen molar-refractivity contribution in [2.24, 2.45) is 5.10 Å². The van der Waals surface area contributed by atoms with Crippen LogP contribution in [0.5, 0.6) is 0 Å². The first-order chi connectivity index (χ1) is 8.08. The number of rotatable bonds is 2. The van der Waals surface area contributed by atoms with Crippen LogP contribution in [0.1, 0.15) is 12.8 Å². The number of amides is 1. The molecule has 1 heterocycles. The molecular formula is C11H9BrN2O3. The molecule has 1 aliphatic heterocycles. The third-order valence-electron chi connectivity index (χ3n) is 2.35. The van der Waals surface area contributed by atoms with Gasteiger partial charge >= 0.3 is 5.97 Å². The van der Waals surface area contributed by atoms with Crippen molar-refractivity contribution in [2.75, 3.05) is 5.01 Å². The Morgan fingerprint density at radius 2 is 1.94 bits per heavy atom. The van der Waals surface area contributed by atoms with Crippen molar-refractivity contribution in [3.8, 4) is 0 Å². The van der Waals surface area contributed by atoms with Crippen LogP contribution in [0, 0.1) is 0 Å². The molecule has 1 amide bonds. The number of carbonyl (C=O) groups is 2. The van der Waals surface area contributed by atoms with E-state index in [1.165, 1.54) is 0 Å². The highest BCUT2D eigenvalue weighted by atomic mass is 79.9. The quantitative estimate of drug-likeness (QED) is 0.908. The zero-order valence-corrected chi connectivity index (χ0v) is 10.3. The van der Waals surface area contributed by atoms with E-state index in [1.54, 1.807) is 24.3 Å². The number of carboxylic acids is 1. The zero-order chi connectivity index (χ0) is 12.4. The van der Waals surface area contributed by atoms with Gasteiger partial charge in [-0.3, -0.25) is 4.79 Å². The summed E-state index contributed by atoms with van der Waals surface area (Å²) in [4.78, 5) is 22.5. The minimum absolute atomic E-state index is 0.00696. The Hall–Kier alpha value is -1.69. The number of nitrogens with zero attached hydrogens (tertiary/aromatic N) is 2. The molecule has 1 N–H and O–H groups in total. The number of aliphatic carboxylic acids is 1. The molecule has 0 bridgehead atoms. The van der Waals surface area contributed by atoms with Gasteiger partial charge in [-0.25, -0.2) is 9.80 Å². The Morgan fingerprint density at radius 3 is 2.53 bits per heavy atom. The van der Waals surface area contributed by atoms with Crippen LogP contribution >= 0.6 is 15.9 Å². The van der Waals surface area contributed by atoms with Gasteiger partial charge in [-0.2, -0.15) is 5.10 Å². The maximum Gasteiger partial charge on any atom is 0.352 e. The monoisotopic (exact) mass is 296 g/mol. The Bertz CT molecular complexity index is 496. The molecule has 88 valence electrons. The second-order valence-electron chi connectivity index (χ2n) is 3.53. The summed E-state index contributed by atoms with van der Waals surface area (Å²) in [7, 11) is 0. The molecule has 0 radical (unpaired) electrons. The number of halogens is 1. The summed E-state index contributed by atoms with van der Waals surface area (Å²) in [6.45, 7) is 0. The fraction of sp³-hybridized carbons (Fsp3) is 0.182. The SMILES string of the molecule is O=C(O)C1=NN(c2ccc(Br)cc2)C(=O)CC1. The highest BCUT2D eigenvalue weighted by Crippen LogP contribution is 2.22. The number of carboxylic acid groups (broad SMARTS) is 1. The summed E-state index contributed by atoms with van der Waals surface area (Å²) >= 11 is 3.29. The predicted molar refractivity (Wildman–Crippen MR) is 65.9 cm³/mol. The van der Waals surface area contributed by atoms with Gasteiger partial charge < -0.3 is 5.11 Å². The van der Waals surface area contributed by atoms with Gasteiger partial charge in [0.15, 0.2) is 0 Å². The second-order valence-corrected chi connectivity index (χ2v) is 4.45. The van der Waals surface area contributed by atoms with Crippen molar-refractivity contribution < 1.29 is 14.7 Å². The first kappa shape index (κ1) is 11.8. The van der Waals surface area contributed by atoms with E-state index in [0.29, 0.717) is 5.69 Å². The molecule has 17 heavy (non-hydrogen) atoms. The van der Waals surface area contributed by atoms with Crippen molar-refractivity contribution in [1.82, 2.24) is 0 Å². The molecule has 6 heteroatoms. The van der Waals surface area contributed by atoms with Crippen LogP contribution in [0.15, 0.2) is 33.8 Å². The van der Waals surface area contributed by atoms with Crippen LogP contribution < -0.4 is 5.01 Å². The van der Waals surface area contributed by atoms with E-state index in [2.05, 4.69) is 21.0 Å². The fourth-order valence-corrected chi connectivity index (χ4v) is 1.76. The molecule has 0 aromatic heterocycles. The molecule has 0 spiro atoms. The van der Waals surface area contributed by atoms with E-state index in [1.807, 2.05) is 0 Å². The van der Waals surface area contributed by atoms with Crippen LogP contribution in [-0.2, 0) is 9.59 Å². The van der Waals surface area contributed by atoms with Crippen LogP contribution in [-0.4, -0.2) is 22.7 Å². The molecule has 1 aliphatic rings. The van der Waals surface area contributed by atoms with E-state index in [-0.39, 0.29) is 24.5 Å². The van der Waals surface area contributed by atoms with E-state index < -0.39 is 5.97 Å². The van der Waals surface area contributed by atoms with Gasteiger partial charge in [0, 0.05) is 17.3 Å². The van der Waals surface area contributed by atoms with Crippen LogP contribution in [0.3, 0.4) is 0 Å². The van der Waals surface area contributed by atoms with E-state index in [4.69, 9.17) is 5.11 Å². The summed E-state index contributed by atoms with van der Waals surface area (Å²) in [5.74, 6) is -1.28. The van der Waals surface area contributed by atoms with Crippen molar-refractivity contribution in [3.05, 3.63) is 28.7 Å². The average Bonchev–Trinajstić information content (AvgIpc) is 2.31. The first-order valence-corrected chi connectivity index (χ1v) is 5.76. The van der Waals surface area contributed by atoms with Crippen molar-refractivity contribution in [2.45, 2.75) is 12.8 Å². The van der Waals surface area contributed by atoms with Crippen molar-refractivity contribution >= 4 is 39.2 Å². The molecule has 0 fully saturated rings. The molecular weight excluding hydrogens is 288 g/mol. The summed E-state index contributed by atoms with van der Waals surface area (Å²) in [6, 6.07) is 6.95. The average molecular weight is 297 g/mol. The van der Waals surface area contributed by atoms with E-state index >= 15 is 0 Å². The number of carbonyl (C=O) groups excluding carboxylic acids is 1. The molecule has 0 unspecified atom stereocenters. The third-order valence-corrected chi connectivity index (χ3v) is 2.88. The molecule has 2 rings (SSSR count). The Morgan fingerprint density at radius 1 is 1.29 bits per heavy atom. The van der Waals surface area contributed by atoms with E-state index in [9.17, 15) is 9.59 Å². The lowest BCUT2D eigenvalue weighted by molar-refractivity contribution is -0.129. The van der Waals surface area contributed by atoms with Gasteiger partial charge in [-0.15, -0.1) is 0 Å². The topological polar surface area (TPSA) is 70.0 Å². The van der Waals surface area contributed by atoms with Gasteiger partial charge in [-0.1, -0.05) is 15.9 Å². The van der Waals surface area contributed by atoms with E-state index in [0.717, 1.165) is 9.48 Å². The van der Waals surface area contributed by atoms with Gasteiger partial charge in [-0.05, 0) is 24.3 Å². The highest BCUT2D eigenvalue weighted by Gasteiger charge is 2.25. The Labute approximate surface area is 106 Å². The van der Waals surface area contributed by atoms with Gasteiger partial charge in [0.25, 0.3) is 0 Å². The lowest BCUT2D eigenvalue weighted by atomic mass is 10.1. The third kappa shape index (κ3) is 2.52. The maximum atomic E-state index is 11.7. The summed E-state index contributed by atoms with van der Waals surface area (Å²) in [5.41, 5.74) is 0.573. The fourth-order valence-electron chi connectivity index (χ4n) is 1.49. The summed E-state index contributed by atoms with van der Waals surface area (Å²) < 4.78 is 0.883. The second kappa shape index (κ2) is 4.67. The van der Waals surface area contributed by atoms with Crippen LogP contribution in [0.25, 0.3) is 0 Å². The number of anilines is 1. The number of benzene rings is 1. The largest absolute Gasteiger partial charge is 0.477 e. The smallest absolute Gasteiger partial charge is 0.352 e. The molecule has 1 aromatic rings. The standard InChI is InChI=1S/C11H9BrN2O3/c12-7-1-3-8(4-2-7)14-10(15)6-5-9(13-14)11(16)17/h1-4H,5-6H2,(H,16,17). The maximum absolute atomic E-state index is 11.7. The van der Waals surface area contributed by atoms with Gasteiger partial charge in [0.1, 0.15) is 5.71 Å². The number of hydrazone groups is 1. The predicted octanol–water partition coefficient (Wildman–Crippen LogP) is 2.02. The van der Waals surface area contributed by atoms with Gasteiger partial charge in [0.2, 0.25) is 5.91 Å². The highest BCUT2D eigenvalue weighted by molar-refractivity contribution is 9.10. The van der Waals surface area contributed by atoms with Crippen LogP contribution in [0.4, 0.5) is 5.69 Å². The molecule has 0 atom stereocenters. The first-order valence-electron chi connectivity index (χ1n) is 4.97. The molecule has 0 saturated heterocycles.